The highest BCUT2D eigenvalue weighted by Crippen LogP contribution is 2.15. The second-order valence-electron chi connectivity index (χ2n) is 3.83. The summed E-state index contributed by atoms with van der Waals surface area (Å²) in [5.74, 6) is 4.49. The van der Waals surface area contributed by atoms with Gasteiger partial charge in [-0.15, -0.1) is 0 Å². The Morgan fingerprint density at radius 3 is 2.85 bits per heavy atom. The zero-order valence-electron chi connectivity index (χ0n) is 10.2. The number of nitrogens with zero attached hydrogens (tertiary/aromatic N) is 2. The van der Waals surface area contributed by atoms with Gasteiger partial charge in [0.25, 0.3) is 5.91 Å². The van der Waals surface area contributed by atoms with E-state index in [2.05, 4.69) is 15.7 Å². The largest absolute Gasteiger partial charge is 0.322 e. The number of amides is 1. The topological polar surface area (TPSA) is 104 Å². The van der Waals surface area contributed by atoms with E-state index in [0.717, 1.165) is 6.07 Å². The van der Waals surface area contributed by atoms with E-state index < -0.39 is 11.7 Å². The van der Waals surface area contributed by atoms with Crippen LogP contribution in [-0.2, 0) is 0 Å². The predicted molar refractivity (Wildman–Crippen MR) is 71.1 cm³/mol. The summed E-state index contributed by atoms with van der Waals surface area (Å²) in [5, 5.41) is 11.3. The smallest absolute Gasteiger partial charge is 0.255 e. The Morgan fingerprint density at radius 2 is 2.15 bits per heavy atom. The Balaban J connectivity index is 2.21. The molecule has 6 nitrogen and oxygen atoms in total. The Hall–Kier alpha value is -2.98. The van der Waals surface area contributed by atoms with Gasteiger partial charge in [-0.1, -0.05) is 0 Å². The minimum atomic E-state index is -0.635. The first-order valence-electron chi connectivity index (χ1n) is 5.57. The summed E-state index contributed by atoms with van der Waals surface area (Å²) in [5.41, 5.74) is 2.85. The number of nitriles is 1. The van der Waals surface area contributed by atoms with Gasteiger partial charge in [-0.05, 0) is 30.3 Å². The summed E-state index contributed by atoms with van der Waals surface area (Å²) in [6.07, 6.45) is 1.43. The number of hydrazine groups is 1. The molecule has 100 valence electrons. The Bertz CT molecular complexity index is 695. The maximum absolute atomic E-state index is 13.2. The molecule has 0 atom stereocenters. The van der Waals surface area contributed by atoms with Crippen LogP contribution in [0.3, 0.4) is 0 Å². The number of aromatic nitrogens is 1. The number of rotatable bonds is 3. The maximum atomic E-state index is 13.2. The quantitative estimate of drug-likeness (QED) is 0.581. The van der Waals surface area contributed by atoms with Gasteiger partial charge in [0, 0.05) is 17.4 Å². The summed E-state index contributed by atoms with van der Waals surface area (Å²) in [4.78, 5) is 15.9. The first kappa shape index (κ1) is 13.5. The van der Waals surface area contributed by atoms with Crippen LogP contribution < -0.4 is 16.6 Å². The van der Waals surface area contributed by atoms with Crippen LogP contribution in [0.2, 0.25) is 0 Å². The van der Waals surface area contributed by atoms with Gasteiger partial charge < -0.3 is 10.7 Å². The van der Waals surface area contributed by atoms with Crippen LogP contribution in [-0.4, -0.2) is 10.9 Å². The summed E-state index contributed by atoms with van der Waals surface area (Å²) in [6, 6.07) is 8.42. The predicted octanol–water partition coefficient (Wildman–Crippen LogP) is 1.63. The standard InChI is InChI=1S/C13H10FN5O/c14-11-2-1-10(5-9(11)7-15)18-13(20)8-3-4-17-12(6-8)19-16/h1-6H,16H2,(H,17,19)(H,18,20). The molecule has 4 N–H and O–H groups in total. The highest BCUT2D eigenvalue weighted by atomic mass is 19.1. The Labute approximate surface area is 114 Å². The third-order valence-corrected chi connectivity index (χ3v) is 2.51. The molecule has 1 amide bonds. The fraction of sp³-hybridized carbons (Fsp3) is 0. The second-order valence-corrected chi connectivity index (χ2v) is 3.83. The van der Waals surface area contributed by atoms with Gasteiger partial charge >= 0.3 is 0 Å². The highest BCUT2D eigenvalue weighted by molar-refractivity contribution is 6.04. The van der Waals surface area contributed by atoms with Gasteiger partial charge in [0.1, 0.15) is 17.7 Å². The fourth-order valence-corrected chi connectivity index (χ4v) is 1.54. The lowest BCUT2D eigenvalue weighted by Gasteiger charge is -2.07. The summed E-state index contributed by atoms with van der Waals surface area (Å²) < 4.78 is 13.2. The van der Waals surface area contributed by atoms with Crippen molar-refractivity contribution < 1.29 is 9.18 Å². The van der Waals surface area contributed by atoms with Gasteiger partial charge in [0.2, 0.25) is 0 Å². The number of nitrogens with one attached hydrogen (secondary N) is 2. The second kappa shape index (κ2) is 5.77. The molecule has 2 aromatic rings. The molecule has 0 fully saturated rings. The maximum Gasteiger partial charge on any atom is 0.255 e. The lowest BCUT2D eigenvalue weighted by atomic mass is 10.2. The molecule has 2 rings (SSSR count). The average molecular weight is 271 g/mol. The molecular formula is C13H10FN5O. The normalized spacial score (nSPS) is 9.65. The van der Waals surface area contributed by atoms with Crippen molar-refractivity contribution in [2.45, 2.75) is 0 Å². The van der Waals surface area contributed by atoms with E-state index in [1.54, 1.807) is 6.07 Å². The number of nitrogens with two attached hydrogens (primary N) is 1. The summed E-state index contributed by atoms with van der Waals surface area (Å²) >= 11 is 0. The van der Waals surface area contributed by atoms with Crippen molar-refractivity contribution in [1.29, 1.82) is 5.26 Å². The van der Waals surface area contributed by atoms with Crippen molar-refractivity contribution in [2.75, 3.05) is 10.7 Å². The van der Waals surface area contributed by atoms with Crippen molar-refractivity contribution in [3.8, 4) is 6.07 Å². The number of carbonyl (C=O) groups excluding carboxylic acids is 1. The molecule has 0 radical (unpaired) electrons. The van der Waals surface area contributed by atoms with E-state index in [0.29, 0.717) is 17.1 Å². The Morgan fingerprint density at radius 1 is 1.35 bits per heavy atom. The Kier molecular flexibility index (Phi) is 3.88. The van der Waals surface area contributed by atoms with Gasteiger partial charge in [0.15, 0.2) is 0 Å². The van der Waals surface area contributed by atoms with Gasteiger partial charge in [-0.2, -0.15) is 5.26 Å². The number of hydrogen-bond acceptors (Lipinski definition) is 5. The molecule has 0 aliphatic rings. The monoisotopic (exact) mass is 271 g/mol. The number of benzene rings is 1. The molecule has 1 aromatic carbocycles. The molecule has 1 aromatic heterocycles. The molecule has 1 heterocycles. The third-order valence-electron chi connectivity index (χ3n) is 2.51. The minimum Gasteiger partial charge on any atom is -0.322 e. The number of hydrogen-bond donors (Lipinski definition) is 3. The first-order chi connectivity index (χ1) is 9.63. The van der Waals surface area contributed by atoms with E-state index in [1.165, 1.54) is 30.5 Å². The van der Waals surface area contributed by atoms with Crippen molar-refractivity contribution in [3.63, 3.8) is 0 Å². The van der Waals surface area contributed by atoms with Crippen LogP contribution >= 0.6 is 0 Å². The number of nitrogen functional groups attached to an aromatic ring is 1. The molecule has 0 unspecified atom stereocenters. The fourth-order valence-electron chi connectivity index (χ4n) is 1.54. The van der Waals surface area contributed by atoms with Crippen LogP contribution in [0.4, 0.5) is 15.9 Å². The van der Waals surface area contributed by atoms with E-state index in [9.17, 15) is 9.18 Å². The van der Waals surface area contributed by atoms with Crippen LogP contribution in [0, 0.1) is 17.1 Å². The molecule has 0 aliphatic carbocycles. The molecular weight excluding hydrogens is 261 g/mol. The molecule has 0 saturated heterocycles. The van der Waals surface area contributed by atoms with Crippen molar-refractivity contribution in [1.82, 2.24) is 4.98 Å². The molecule has 7 heteroatoms. The van der Waals surface area contributed by atoms with Crippen LogP contribution in [0.5, 0.6) is 0 Å². The molecule has 0 spiro atoms. The van der Waals surface area contributed by atoms with E-state index in [-0.39, 0.29) is 5.56 Å². The molecule has 0 saturated carbocycles. The minimum absolute atomic E-state index is 0.137. The summed E-state index contributed by atoms with van der Waals surface area (Å²) in [7, 11) is 0. The zero-order valence-corrected chi connectivity index (χ0v) is 10.2. The number of halogens is 1. The first-order valence-corrected chi connectivity index (χ1v) is 5.57. The zero-order chi connectivity index (χ0) is 14.5. The van der Waals surface area contributed by atoms with Crippen LogP contribution in [0.15, 0.2) is 36.5 Å². The number of anilines is 2. The lowest BCUT2D eigenvalue weighted by Crippen LogP contribution is -2.14. The van der Waals surface area contributed by atoms with Gasteiger partial charge in [-0.3, -0.25) is 4.79 Å². The van der Waals surface area contributed by atoms with Gasteiger partial charge in [-0.25, -0.2) is 15.2 Å². The van der Waals surface area contributed by atoms with Crippen LogP contribution in [0.25, 0.3) is 0 Å². The number of carbonyl (C=O) groups is 1. The van der Waals surface area contributed by atoms with Gasteiger partial charge in [0.05, 0.1) is 5.56 Å². The van der Waals surface area contributed by atoms with E-state index >= 15 is 0 Å². The molecule has 20 heavy (non-hydrogen) atoms. The van der Waals surface area contributed by atoms with Crippen molar-refractivity contribution >= 4 is 17.4 Å². The van der Waals surface area contributed by atoms with E-state index in [1.807, 2.05) is 0 Å². The molecule has 0 bridgehead atoms. The lowest BCUT2D eigenvalue weighted by molar-refractivity contribution is 0.102. The van der Waals surface area contributed by atoms with Crippen LogP contribution in [0.1, 0.15) is 15.9 Å². The SMILES string of the molecule is N#Cc1cc(NC(=O)c2ccnc(NN)c2)ccc1F. The summed E-state index contributed by atoms with van der Waals surface area (Å²) in [6.45, 7) is 0. The van der Waals surface area contributed by atoms with Crippen molar-refractivity contribution in [2.24, 2.45) is 5.84 Å². The third kappa shape index (κ3) is 2.88. The molecule has 0 aliphatic heterocycles. The van der Waals surface area contributed by atoms with E-state index in [4.69, 9.17) is 11.1 Å². The highest BCUT2D eigenvalue weighted by Gasteiger charge is 2.09. The number of pyridine rings is 1. The van der Waals surface area contributed by atoms with Crippen molar-refractivity contribution in [3.05, 3.63) is 53.5 Å². The average Bonchev–Trinajstić information content (AvgIpc) is 2.49.